The van der Waals surface area contributed by atoms with Gasteiger partial charge in [-0.05, 0) is 0 Å². The second-order valence-corrected chi connectivity index (χ2v) is 1.28. The van der Waals surface area contributed by atoms with E-state index in [2.05, 4.69) is 10.3 Å². The molecule has 8 nitrogen and oxygen atoms in total. The number of rotatable bonds is 3. The molecular weight excluding hydrogens is 187 g/mol. The smallest absolute Gasteiger partial charge is 1.00 e. The van der Waals surface area contributed by atoms with Gasteiger partial charge in [0.15, 0.2) is 0 Å². The van der Waals surface area contributed by atoms with Gasteiger partial charge in [0.2, 0.25) is 0 Å². The topological polar surface area (TPSA) is 204 Å². The standard InChI is InChI=1S/C4H10N2O2.4H3N.Na.H/c1-4(7)8-6-3-2-5;;;;;;/h6H,2-3,5H2,1H3;4*1H3;;/q;;;;;+1;-1. The molecule has 0 aliphatic carbocycles. The fourth-order valence-corrected chi connectivity index (χ4v) is 0.212. The molecule has 0 aliphatic heterocycles. The van der Waals surface area contributed by atoms with Gasteiger partial charge in [-0.2, -0.15) is 5.48 Å². The van der Waals surface area contributed by atoms with Crippen LogP contribution >= 0.6 is 0 Å². The third-order valence-electron chi connectivity index (χ3n) is 0.462. The Balaban J connectivity index is -0.0000000163. The summed E-state index contributed by atoms with van der Waals surface area (Å²) < 4.78 is 0. The van der Waals surface area contributed by atoms with Gasteiger partial charge < -0.3 is 36.6 Å². The maximum atomic E-state index is 9.99. The Hall–Kier alpha value is 0.230. The van der Waals surface area contributed by atoms with Crippen molar-refractivity contribution in [2.45, 2.75) is 6.92 Å². The van der Waals surface area contributed by atoms with E-state index in [1.54, 1.807) is 0 Å². The Kier molecular flexibility index (Phi) is 85.9. The van der Waals surface area contributed by atoms with Crippen molar-refractivity contribution in [2.24, 2.45) is 5.73 Å². The zero-order valence-electron chi connectivity index (χ0n) is 9.64. The van der Waals surface area contributed by atoms with Gasteiger partial charge in [-0.15, -0.1) is 0 Å². The van der Waals surface area contributed by atoms with Crippen molar-refractivity contribution in [2.75, 3.05) is 13.1 Å². The minimum atomic E-state index is -0.349. The molecular formula is C4H23N6NaO2. The molecule has 15 N–H and O–H groups in total. The predicted octanol–water partition coefficient (Wildman–Crippen LogP) is -3.22. The molecule has 0 heterocycles. The summed E-state index contributed by atoms with van der Waals surface area (Å²) in [6.07, 6.45) is 0. The second kappa shape index (κ2) is 29.5. The van der Waals surface area contributed by atoms with Gasteiger partial charge >= 0.3 is 35.5 Å². The monoisotopic (exact) mass is 210 g/mol. The van der Waals surface area contributed by atoms with E-state index >= 15 is 0 Å². The SMILES string of the molecule is CC(=O)ONCCN.N.N.N.N.[H-].[Na+]. The number of hydroxylamine groups is 1. The third kappa shape index (κ3) is 46.8. The van der Waals surface area contributed by atoms with Crippen LogP contribution in [0.5, 0.6) is 0 Å². The summed E-state index contributed by atoms with van der Waals surface area (Å²) in [7, 11) is 0. The Morgan fingerprint density at radius 2 is 1.77 bits per heavy atom. The van der Waals surface area contributed by atoms with Crippen LogP contribution in [0.4, 0.5) is 0 Å². The molecule has 0 spiro atoms. The van der Waals surface area contributed by atoms with Gasteiger partial charge in [-0.25, -0.2) is 0 Å². The number of nitrogens with two attached hydrogens (primary N) is 1. The second-order valence-electron chi connectivity index (χ2n) is 1.28. The first-order valence-corrected chi connectivity index (χ1v) is 2.37. The summed E-state index contributed by atoms with van der Waals surface area (Å²) in [4.78, 5) is 14.3. The van der Waals surface area contributed by atoms with Crippen LogP contribution in [0, 0.1) is 0 Å². The summed E-state index contributed by atoms with van der Waals surface area (Å²) in [5.74, 6) is -0.349. The van der Waals surface area contributed by atoms with E-state index in [-0.39, 0.29) is 61.6 Å². The number of carbonyl (C=O) groups is 1. The van der Waals surface area contributed by atoms with E-state index in [1.165, 1.54) is 6.92 Å². The average Bonchev–Trinajstić information content (AvgIpc) is 1.66. The molecule has 13 heavy (non-hydrogen) atoms. The summed E-state index contributed by atoms with van der Waals surface area (Å²) in [5, 5.41) is 0. The third-order valence-corrected chi connectivity index (χ3v) is 0.462. The molecule has 82 valence electrons. The van der Waals surface area contributed by atoms with Crippen LogP contribution < -0.4 is 65.4 Å². The van der Waals surface area contributed by atoms with Crippen molar-refractivity contribution in [3.8, 4) is 0 Å². The molecule has 0 rings (SSSR count). The normalized spacial score (nSPS) is 5.38. The number of carbonyl (C=O) groups excluding carboxylic acids is 1. The van der Waals surface area contributed by atoms with Crippen LogP contribution in [0.1, 0.15) is 8.35 Å². The first-order chi connectivity index (χ1) is 3.77. The number of hydrogen-bond donors (Lipinski definition) is 6. The Bertz CT molecular complexity index is 90.2. The summed E-state index contributed by atoms with van der Waals surface area (Å²) >= 11 is 0. The van der Waals surface area contributed by atoms with Crippen molar-refractivity contribution in [3.63, 3.8) is 0 Å². The maximum absolute atomic E-state index is 9.99. The van der Waals surface area contributed by atoms with Gasteiger partial charge in [0.05, 0.1) is 0 Å². The minimum Gasteiger partial charge on any atom is -1.00 e. The quantitative estimate of drug-likeness (QED) is 0.158. The largest absolute Gasteiger partial charge is 1.00 e. The van der Waals surface area contributed by atoms with Crippen molar-refractivity contribution in [1.29, 1.82) is 0 Å². The number of hydrogen-bond acceptors (Lipinski definition) is 8. The molecule has 0 aromatic heterocycles. The van der Waals surface area contributed by atoms with E-state index < -0.39 is 0 Å². The fourth-order valence-electron chi connectivity index (χ4n) is 0.212. The summed E-state index contributed by atoms with van der Waals surface area (Å²) in [6.45, 7) is 2.29. The van der Waals surface area contributed by atoms with E-state index in [0.717, 1.165) is 0 Å². The first kappa shape index (κ1) is 37.9. The zero-order valence-corrected chi connectivity index (χ0v) is 10.6. The minimum absolute atomic E-state index is 0. The van der Waals surface area contributed by atoms with E-state index in [1.807, 2.05) is 0 Å². The molecule has 0 bridgehead atoms. The van der Waals surface area contributed by atoms with E-state index in [4.69, 9.17) is 5.73 Å². The van der Waals surface area contributed by atoms with Crippen molar-refractivity contribution < 1.29 is 40.6 Å². The predicted molar refractivity (Wildman–Crippen MR) is 50.0 cm³/mol. The van der Waals surface area contributed by atoms with Crippen LogP contribution in [0.3, 0.4) is 0 Å². The molecule has 0 aromatic carbocycles. The molecule has 0 atom stereocenters. The molecule has 0 unspecified atom stereocenters. The number of nitrogens with one attached hydrogen (secondary N) is 1. The molecule has 0 aromatic rings. The Labute approximate surface area is 102 Å². The molecule has 0 aliphatic rings. The fraction of sp³-hybridized carbons (Fsp3) is 0.750. The van der Waals surface area contributed by atoms with Gasteiger partial charge in [-0.3, -0.25) is 4.79 Å². The van der Waals surface area contributed by atoms with Gasteiger partial charge in [0.25, 0.3) is 0 Å². The molecule has 0 fully saturated rings. The first-order valence-electron chi connectivity index (χ1n) is 2.37. The van der Waals surface area contributed by atoms with Crippen LogP contribution in [-0.4, -0.2) is 19.1 Å². The molecule has 0 radical (unpaired) electrons. The molecule has 0 amide bonds. The van der Waals surface area contributed by atoms with E-state index in [0.29, 0.717) is 13.1 Å². The molecule has 9 heteroatoms. The Morgan fingerprint density at radius 3 is 2.00 bits per heavy atom. The van der Waals surface area contributed by atoms with Crippen LogP contribution in [0.2, 0.25) is 0 Å². The maximum Gasteiger partial charge on any atom is 1.00 e. The summed E-state index contributed by atoms with van der Waals surface area (Å²) in [6, 6.07) is 0. The van der Waals surface area contributed by atoms with Crippen molar-refractivity contribution >= 4 is 5.97 Å². The van der Waals surface area contributed by atoms with Crippen molar-refractivity contribution in [3.05, 3.63) is 0 Å². The molecule has 0 saturated heterocycles. The van der Waals surface area contributed by atoms with Crippen molar-refractivity contribution in [1.82, 2.24) is 30.1 Å². The zero-order chi connectivity index (χ0) is 6.41. The van der Waals surface area contributed by atoms with Gasteiger partial charge in [0.1, 0.15) is 0 Å². The molecule has 0 saturated carbocycles. The average molecular weight is 210 g/mol. The Morgan fingerprint density at radius 1 is 1.38 bits per heavy atom. The van der Waals surface area contributed by atoms with Crippen LogP contribution in [0.25, 0.3) is 0 Å². The van der Waals surface area contributed by atoms with Gasteiger partial charge in [0, 0.05) is 20.0 Å². The van der Waals surface area contributed by atoms with Crippen LogP contribution in [0.15, 0.2) is 0 Å². The van der Waals surface area contributed by atoms with Crippen LogP contribution in [-0.2, 0) is 9.63 Å². The van der Waals surface area contributed by atoms with E-state index in [9.17, 15) is 4.79 Å². The summed E-state index contributed by atoms with van der Waals surface area (Å²) in [5.41, 5.74) is 7.42. The van der Waals surface area contributed by atoms with Gasteiger partial charge in [-0.1, -0.05) is 0 Å².